The molecule has 0 radical (unpaired) electrons. The van der Waals surface area contributed by atoms with Crippen LogP contribution in [0.1, 0.15) is 26.6 Å². The third-order valence-electron chi connectivity index (χ3n) is 1.78. The maximum absolute atomic E-state index is 11.0. The Balaban J connectivity index is 2.81. The molecule has 1 aromatic rings. The third kappa shape index (κ3) is 3.16. The zero-order valence-electron chi connectivity index (χ0n) is 9.24. The Kier molecular flexibility index (Phi) is 3.19. The van der Waals surface area contributed by atoms with Gasteiger partial charge in [0.05, 0.1) is 18.1 Å². The average Bonchev–Trinajstić information content (AvgIpc) is 2.17. The summed E-state index contributed by atoms with van der Waals surface area (Å²) in [5.41, 5.74) is 0.494. The second kappa shape index (κ2) is 4.21. The maximum Gasteiger partial charge on any atom is 0.247 e. The molecule has 4 nitrogen and oxygen atoms in total. The molecule has 0 fully saturated rings. The fourth-order valence-corrected chi connectivity index (χ4v) is 0.973. The number of anilines is 1. The predicted octanol–water partition coefficient (Wildman–Crippen LogP) is 1.90. The Morgan fingerprint density at radius 1 is 1.40 bits per heavy atom. The number of aromatic nitrogens is 2. The highest BCUT2D eigenvalue weighted by Crippen LogP contribution is 2.17. The summed E-state index contributed by atoms with van der Waals surface area (Å²) >= 11 is 0. The third-order valence-corrected chi connectivity index (χ3v) is 1.78. The first-order valence-corrected chi connectivity index (χ1v) is 4.69. The van der Waals surface area contributed by atoms with E-state index < -0.39 is 0 Å². The number of nitrogens with one attached hydrogen (secondary N) is 1. The van der Waals surface area contributed by atoms with Crippen LogP contribution in [0.2, 0.25) is 0 Å². The van der Waals surface area contributed by atoms with Crippen molar-refractivity contribution in [2.24, 2.45) is 0 Å². The average molecular weight is 205 g/mol. The highest BCUT2D eigenvalue weighted by molar-refractivity contribution is 5.98. The van der Waals surface area contributed by atoms with Crippen molar-refractivity contribution in [2.45, 2.75) is 26.2 Å². The van der Waals surface area contributed by atoms with Gasteiger partial charge in [0, 0.05) is 5.41 Å². The molecule has 0 saturated heterocycles. The number of carbonyl (C=O) groups excluding carboxylic acids is 1. The van der Waals surface area contributed by atoms with Crippen molar-refractivity contribution in [3.63, 3.8) is 0 Å². The van der Waals surface area contributed by atoms with Gasteiger partial charge < -0.3 is 5.32 Å². The van der Waals surface area contributed by atoms with Crippen LogP contribution in [0.3, 0.4) is 0 Å². The van der Waals surface area contributed by atoms with E-state index in [9.17, 15) is 4.79 Å². The van der Waals surface area contributed by atoms with Gasteiger partial charge in [-0.2, -0.15) is 0 Å². The Bertz CT molecular complexity index is 362. The number of carbonyl (C=O) groups is 1. The van der Waals surface area contributed by atoms with E-state index in [0.29, 0.717) is 5.69 Å². The van der Waals surface area contributed by atoms with Gasteiger partial charge in [0.25, 0.3) is 0 Å². The zero-order valence-corrected chi connectivity index (χ0v) is 9.24. The van der Waals surface area contributed by atoms with Crippen LogP contribution in [0, 0.1) is 0 Å². The van der Waals surface area contributed by atoms with Crippen molar-refractivity contribution >= 4 is 11.6 Å². The molecule has 0 atom stereocenters. The first-order chi connectivity index (χ1) is 6.93. The lowest BCUT2D eigenvalue weighted by Crippen LogP contribution is -2.16. The number of rotatable bonds is 2. The molecular formula is C11H15N3O. The quantitative estimate of drug-likeness (QED) is 0.750. The Morgan fingerprint density at radius 2 is 1.93 bits per heavy atom. The topological polar surface area (TPSA) is 54.9 Å². The second-order valence-electron chi connectivity index (χ2n) is 4.24. The molecule has 0 aliphatic carbocycles. The monoisotopic (exact) mass is 205 g/mol. The van der Waals surface area contributed by atoms with Crippen LogP contribution in [-0.2, 0) is 10.2 Å². The molecule has 1 heterocycles. The molecule has 1 N–H and O–H groups in total. The summed E-state index contributed by atoms with van der Waals surface area (Å²) in [5.74, 6) is 0.487. The van der Waals surface area contributed by atoms with E-state index >= 15 is 0 Å². The lowest BCUT2D eigenvalue weighted by Gasteiger charge is -2.15. The van der Waals surface area contributed by atoms with Gasteiger partial charge in [-0.1, -0.05) is 27.4 Å². The molecule has 0 spiro atoms. The number of nitrogens with zero attached hydrogens (tertiary/aromatic N) is 2. The summed E-state index contributed by atoms with van der Waals surface area (Å²) in [7, 11) is 0. The second-order valence-corrected chi connectivity index (χ2v) is 4.24. The molecule has 0 aliphatic heterocycles. The van der Waals surface area contributed by atoms with Gasteiger partial charge in [-0.25, -0.2) is 9.97 Å². The van der Waals surface area contributed by atoms with Crippen molar-refractivity contribution < 1.29 is 4.79 Å². The van der Waals surface area contributed by atoms with Gasteiger partial charge in [-0.05, 0) is 6.08 Å². The molecule has 1 amide bonds. The zero-order chi connectivity index (χ0) is 11.5. The molecule has 1 aromatic heterocycles. The van der Waals surface area contributed by atoms with E-state index in [1.54, 1.807) is 12.4 Å². The first kappa shape index (κ1) is 11.4. The lowest BCUT2D eigenvalue weighted by molar-refractivity contribution is -0.111. The summed E-state index contributed by atoms with van der Waals surface area (Å²) in [6.07, 6.45) is 4.39. The van der Waals surface area contributed by atoms with Gasteiger partial charge in [0.2, 0.25) is 5.91 Å². The molecular weight excluding hydrogens is 190 g/mol. The van der Waals surface area contributed by atoms with Crippen LogP contribution < -0.4 is 5.32 Å². The summed E-state index contributed by atoms with van der Waals surface area (Å²) in [6, 6.07) is 0. The fourth-order valence-electron chi connectivity index (χ4n) is 0.973. The van der Waals surface area contributed by atoms with E-state index in [1.165, 1.54) is 6.08 Å². The number of hydrogen-bond donors (Lipinski definition) is 1. The minimum atomic E-state index is -0.262. The number of hydrogen-bond acceptors (Lipinski definition) is 3. The molecule has 0 aliphatic rings. The summed E-state index contributed by atoms with van der Waals surface area (Å²) in [5, 5.41) is 2.59. The van der Waals surface area contributed by atoms with Crippen molar-refractivity contribution in [3.8, 4) is 0 Å². The smallest absolute Gasteiger partial charge is 0.247 e. The highest BCUT2D eigenvalue weighted by Gasteiger charge is 2.16. The van der Waals surface area contributed by atoms with Crippen molar-refractivity contribution in [1.82, 2.24) is 9.97 Å². The van der Waals surface area contributed by atoms with Crippen molar-refractivity contribution in [1.29, 1.82) is 0 Å². The molecule has 1 rings (SSSR count). The van der Waals surface area contributed by atoms with E-state index in [2.05, 4.69) is 21.9 Å². The van der Waals surface area contributed by atoms with Gasteiger partial charge >= 0.3 is 0 Å². The van der Waals surface area contributed by atoms with Crippen LogP contribution in [0.25, 0.3) is 0 Å². The minimum Gasteiger partial charge on any atom is -0.320 e. The Labute approximate surface area is 89.4 Å². The van der Waals surface area contributed by atoms with Gasteiger partial charge in [0.15, 0.2) is 0 Å². The summed E-state index contributed by atoms with van der Waals surface area (Å²) in [4.78, 5) is 19.3. The van der Waals surface area contributed by atoms with Crippen LogP contribution in [-0.4, -0.2) is 15.9 Å². The maximum atomic E-state index is 11.0. The standard InChI is InChI=1S/C11H15N3O/c1-5-9(15)14-8-6-12-10(13-7-8)11(2,3)4/h5-7H,1H2,2-4H3,(H,14,15). The van der Waals surface area contributed by atoms with E-state index in [0.717, 1.165) is 5.82 Å². The fraction of sp³-hybridized carbons (Fsp3) is 0.364. The minimum absolute atomic E-state index is 0.0824. The number of amides is 1. The SMILES string of the molecule is C=CC(=O)Nc1cnc(C(C)(C)C)nc1. The Hall–Kier alpha value is -1.71. The van der Waals surface area contributed by atoms with Gasteiger partial charge in [-0.3, -0.25) is 4.79 Å². The lowest BCUT2D eigenvalue weighted by atomic mass is 9.96. The largest absolute Gasteiger partial charge is 0.320 e. The molecule has 15 heavy (non-hydrogen) atoms. The highest BCUT2D eigenvalue weighted by atomic mass is 16.1. The summed E-state index contributed by atoms with van der Waals surface area (Å²) < 4.78 is 0. The van der Waals surface area contributed by atoms with Crippen LogP contribution in [0.15, 0.2) is 25.0 Å². The normalized spacial score (nSPS) is 10.9. The van der Waals surface area contributed by atoms with Crippen molar-refractivity contribution in [3.05, 3.63) is 30.9 Å². The summed E-state index contributed by atoms with van der Waals surface area (Å²) in [6.45, 7) is 9.46. The van der Waals surface area contributed by atoms with Crippen molar-refractivity contribution in [2.75, 3.05) is 5.32 Å². The molecule has 0 aromatic carbocycles. The molecule has 4 heteroatoms. The van der Waals surface area contributed by atoms with Crippen LogP contribution >= 0.6 is 0 Å². The van der Waals surface area contributed by atoms with E-state index in [-0.39, 0.29) is 11.3 Å². The molecule has 0 unspecified atom stereocenters. The van der Waals surface area contributed by atoms with Crippen LogP contribution in [0.4, 0.5) is 5.69 Å². The molecule has 80 valence electrons. The first-order valence-electron chi connectivity index (χ1n) is 4.69. The van der Waals surface area contributed by atoms with Gasteiger partial charge in [-0.15, -0.1) is 0 Å². The van der Waals surface area contributed by atoms with E-state index in [1.807, 2.05) is 20.8 Å². The predicted molar refractivity (Wildman–Crippen MR) is 59.6 cm³/mol. The van der Waals surface area contributed by atoms with E-state index in [4.69, 9.17) is 0 Å². The Morgan fingerprint density at radius 3 is 2.33 bits per heavy atom. The van der Waals surface area contributed by atoms with Gasteiger partial charge in [0.1, 0.15) is 5.82 Å². The molecule has 0 bridgehead atoms. The molecule has 0 saturated carbocycles. The van der Waals surface area contributed by atoms with Crippen LogP contribution in [0.5, 0.6) is 0 Å².